The fraction of sp³-hybridized carbons (Fsp3) is 0.0857. The molecule has 0 nitrogen and oxygen atoms in total. The summed E-state index contributed by atoms with van der Waals surface area (Å²) < 4.78 is 0. The fourth-order valence-electron chi connectivity index (χ4n) is 5.68. The van der Waals surface area contributed by atoms with Gasteiger partial charge in [-0.1, -0.05) is 129 Å². The van der Waals surface area contributed by atoms with Crippen LogP contribution >= 0.6 is 11.6 Å². The lowest BCUT2D eigenvalue weighted by molar-refractivity contribution is 0.660. The van der Waals surface area contributed by atoms with E-state index in [1.54, 1.807) is 0 Å². The normalized spacial score (nSPS) is 13.2. The van der Waals surface area contributed by atoms with Gasteiger partial charge in [0.05, 0.1) is 0 Å². The first kappa shape index (κ1) is 22.6. The van der Waals surface area contributed by atoms with Crippen LogP contribution in [0.5, 0.6) is 0 Å². The highest BCUT2D eigenvalue weighted by atomic mass is 35.5. The van der Waals surface area contributed by atoms with Crippen LogP contribution in [0, 0.1) is 0 Å². The molecule has 174 valence electrons. The molecule has 5 aromatic carbocycles. The molecule has 0 spiro atoms. The molecule has 0 radical (unpaired) electrons. The molecular weight excluding hydrogens is 456 g/mol. The molecule has 0 aromatic heterocycles. The second kappa shape index (κ2) is 8.66. The van der Waals surface area contributed by atoms with Crippen molar-refractivity contribution in [2.24, 2.45) is 0 Å². The summed E-state index contributed by atoms with van der Waals surface area (Å²) in [7, 11) is 0. The fourth-order valence-corrected chi connectivity index (χ4v) is 5.90. The highest BCUT2D eigenvalue weighted by molar-refractivity contribution is 6.33. The Hall–Kier alpha value is -3.87. The zero-order valence-corrected chi connectivity index (χ0v) is 21.3. The molecule has 1 aliphatic carbocycles. The van der Waals surface area contributed by atoms with Gasteiger partial charge in [0.15, 0.2) is 0 Å². The van der Waals surface area contributed by atoms with Gasteiger partial charge in [-0.15, -0.1) is 0 Å². The van der Waals surface area contributed by atoms with Crippen molar-refractivity contribution in [2.75, 3.05) is 0 Å². The zero-order chi connectivity index (χ0) is 24.9. The van der Waals surface area contributed by atoms with Gasteiger partial charge >= 0.3 is 0 Å². The van der Waals surface area contributed by atoms with Crippen molar-refractivity contribution < 1.29 is 0 Å². The lowest BCUT2D eigenvalue weighted by Crippen LogP contribution is -2.14. The van der Waals surface area contributed by atoms with Gasteiger partial charge in [0.25, 0.3) is 0 Å². The lowest BCUT2D eigenvalue weighted by Gasteiger charge is -2.22. The first-order chi connectivity index (χ1) is 17.5. The van der Waals surface area contributed by atoms with E-state index < -0.39 is 0 Å². The molecule has 0 N–H and O–H groups in total. The first-order valence-corrected chi connectivity index (χ1v) is 12.7. The number of rotatable bonds is 4. The smallest absolute Gasteiger partial charge is 0.0485 e. The molecule has 0 fully saturated rings. The monoisotopic (exact) mass is 482 g/mol. The summed E-state index contributed by atoms with van der Waals surface area (Å²) in [5, 5.41) is 0.760. The average Bonchev–Trinajstić information content (AvgIpc) is 3.15. The molecule has 0 aliphatic heterocycles. The molecule has 0 saturated heterocycles. The molecule has 0 atom stereocenters. The van der Waals surface area contributed by atoms with E-state index in [9.17, 15) is 0 Å². The maximum atomic E-state index is 6.92. The van der Waals surface area contributed by atoms with E-state index in [4.69, 9.17) is 11.6 Å². The highest BCUT2D eigenvalue weighted by Crippen LogP contribution is 2.53. The maximum absolute atomic E-state index is 6.92. The van der Waals surface area contributed by atoms with E-state index >= 15 is 0 Å². The molecule has 5 aromatic rings. The molecule has 0 amide bonds. The van der Waals surface area contributed by atoms with Crippen LogP contribution in [0.2, 0.25) is 5.02 Å². The van der Waals surface area contributed by atoms with Crippen LogP contribution in [-0.4, -0.2) is 0 Å². The Morgan fingerprint density at radius 3 is 2.03 bits per heavy atom. The minimum atomic E-state index is -0.0790. The molecule has 0 unspecified atom stereocenters. The topological polar surface area (TPSA) is 0 Å². The molecule has 0 saturated carbocycles. The van der Waals surface area contributed by atoms with Gasteiger partial charge in [-0.3, -0.25) is 0 Å². The van der Waals surface area contributed by atoms with Crippen molar-refractivity contribution in [3.05, 3.63) is 137 Å². The molecule has 1 aliphatic rings. The number of fused-ring (bicyclic) bond motifs is 3. The highest BCUT2D eigenvalue weighted by Gasteiger charge is 2.37. The first-order valence-electron chi connectivity index (χ1n) is 12.3. The van der Waals surface area contributed by atoms with Gasteiger partial charge in [0.2, 0.25) is 0 Å². The standard InChI is InChI=1S/C35H27Cl/c1-4-23-17-19-31-30(21-23)34-28(15-10-16-32(34)35(31,2)3)29-22-25(18-20-33(29)36)27-14-9-8-13-26(27)24-11-6-5-7-12-24/h4-22H,1H2,2-3H3. The predicted octanol–water partition coefficient (Wildman–Crippen LogP) is 10.3. The second-order valence-electron chi connectivity index (χ2n) is 9.97. The Bertz CT molecular complexity index is 1620. The van der Waals surface area contributed by atoms with Crippen molar-refractivity contribution in [1.29, 1.82) is 0 Å². The van der Waals surface area contributed by atoms with Gasteiger partial charge in [0.1, 0.15) is 0 Å². The molecule has 6 rings (SSSR count). The average molecular weight is 483 g/mol. The van der Waals surface area contributed by atoms with Crippen molar-refractivity contribution in [2.45, 2.75) is 19.3 Å². The van der Waals surface area contributed by atoms with Crippen LogP contribution in [-0.2, 0) is 5.41 Å². The van der Waals surface area contributed by atoms with E-state index in [1.165, 1.54) is 44.5 Å². The lowest BCUT2D eigenvalue weighted by atomic mass is 9.81. The summed E-state index contributed by atoms with van der Waals surface area (Å²) >= 11 is 6.92. The minimum Gasteiger partial charge on any atom is -0.0985 e. The summed E-state index contributed by atoms with van der Waals surface area (Å²) in [5.74, 6) is 0. The molecule has 0 bridgehead atoms. The van der Waals surface area contributed by atoms with Crippen molar-refractivity contribution in [3.63, 3.8) is 0 Å². The van der Waals surface area contributed by atoms with Gasteiger partial charge in [-0.05, 0) is 73.8 Å². The summed E-state index contributed by atoms with van der Waals surface area (Å²) in [6.45, 7) is 8.62. The maximum Gasteiger partial charge on any atom is 0.0485 e. The van der Waals surface area contributed by atoms with Gasteiger partial charge in [0, 0.05) is 16.0 Å². The summed E-state index contributed by atoms with van der Waals surface area (Å²) in [4.78, 5) is 0. The van der Waals surface area contributed by atoms with E-state index in [0.29, 0.717) is 0 Å². The minimum absolute atomic E-state index is 0.0790. The Kier molecular flexibility index (Phi) is 5.43. The van der Waals surface area contributed by atoms with Crippen molar-refractivity contribution >= 4 is 17.7 Å². The molecule has 36 heavy (non-hydrogen) atoms. The largest absolute Gasteiger partial charge is 0.0985 e. The number of halogens is 1. The quantitative estimate of drug-likeness (QED) is 0.239. The third kappa shape index (κ3) is 3.53. The predicted molar refractivity (Wildman–Crippen MR) is 155 cm³/mol. The van der Waals surface area contributed by atoms with E-state index in [2.05, 4.69) is 124 Å². The van der Waals surface area contributed by atoms with Crippen LogP contribution in [0.3, 0.4) is 0 Å². The summed E-state index contributed by atoms with van der Waals surface area (Å²) in [6, 6.07) is 38.9. The van der Waals surface area contributed by atoms with Crippen molar-refractivity contribution in [1.82, 2.24) is 0 Å². The summed E-state index contributed by atoms with van der Waals surface area (Å²) in [6.07, 6.45) is 1.92. The van der Waals surface area contributed by atoms with Gasteiger partial charge in [-0.2, -0.15) is 0 Å². The van der Waals surface area contributed by atoms with E-state index in [1.807, 2.05) is 12.1 Å². The Labute approximate surface area is 218 Å². The van der Waals surface area contributed by atoms with Crippen LogP contribution in [0.1, 0.15) is 30.5 Å². The molecule has 1 heteroatoms. The molecular formula is C35H27Cl. The van der Waals surface area contributed by atoms with Crippen LogP contribution in [0.25, 0.3) is 50.6 Å². The molecule has 0 heterocycles. The van der Waals surface area contributed by atoms with Crippen LogP contribution < -0.4 is 0 Å². The third-order valence-electron chi connectivity index (χ3n) is 7.54. The Balaban J connectivity index is 1.58. The van der Waals surface area contributed by atoms with E-state index in [0.717, 1.165) is 21.7 Å². The SMILES string of the molecule is C=Cc1ccc2c(c1)-c1c(-c3cc(-c4ccccc4-c4ccccc4)ccc3Cl)cccc1C2(C)C. The zero-order valence-electron chi connectivity index (χ0n) is 20.6. The second-order valence-corrected chi connectivity index (χ2v) is 10.4. The Morgan fingerprint density at radius 2 is 1.28 bits per heavy atom. The Morgan fingerprint density at radius 1 is 0.583 bits per heavy atom. The van der Waals surface area contributed by atoms with E-state index in [-0.39, 0.29) is 5.41 Å². The number of benzene rings is 5. The van der Waals surface area contributed by atoms with Gasteiger partial charge < -0.3 is 0 Å². The number of hydrogen-bond acceptors (Lipinski definition) is 0. The van der Waals surface area contributed by atoms with Crippen molar-refractivity contribution in [3.8, 4) is 44.5 Å². The number of hydrogen-bond donors (Lipinski definition) is 0. The van der Waals surface area contributed by atoms with Gasteiger partial charge in [-0.25, -0.2) is 0 Å². The summed E-state index contributed by atoms with van der Waals surface area (Å²) in [5.41, 5.74) is 13.3. The third-order valence-corrected chi connectivity index (χ3v) is 7.87. The van der Waals surface area contributed by atoms with Crippen LogP contribution in [0.15, 0.2) is 116 Å². The van der Waals surface area contributed by atoms with Crippen LogP contribution in [0.4, 0.5) is 0 Å².